The van der Waals surface area contributed by atoms with Crippen LogP contribution in [0.25, 0.3) is 0 Å². The molecule has 0 aromatic carbocycles. The van der Waals surface area contributed by atoms with E-state index in [1.54, 1.807) is 6.92 Å². The molecule has 2 unspecified atom stereocenters. The predicted molar refractivity (Wildman–Crippen MR) is 65.6 cm³/mol. The summed E-state index contributed by atoms with van der Waals surface area (Å²) in [5.74, 6) is 1.17. The van der Waals surface area contributed by atoms with E-state index in [-0.39, 0.29) is 6.10 Å². The Kier molecular flexibility index (Phi) is 3.77. The lowest BCUT2D eigenvalue weighted by molar-refractivity contribution is 0.166. The van der Waals surface area contributed by atoms with Gasteiger partial charge < -0.3 is 5.11 Å². The van der Waals surface area contributed by atoms with Gasteiger partial charge in [0.25, 0.3) is 0 Å². The number of hydrogen-bond donors (Lipinski definition) is 1. The Morgan fingerprint density at radius 3 is 2.67 bits per heavy atom. The molecule has 1 N–H and O–H groups in total. The van der Waals surface area contributed by atoms with Crippen LogP contribution in [0.5, 0.6) is 0 Å². The van der Waals surface area contributed by atoms with E-state index in [0.717, 1.165) is 0 Å². The summed E-state index contributed by atoms with van der Waals surface area (Å²) in [5.41, 5.74) is 1.74. The molecule has 0 aromatic rings. The van der Waals surface area contributed by atoms with Gasteiger partial charge in [-0.25, -0.2) is 0 Å². The van der Waals surface area contributed by atoms with Crippen molar-refractivity contribution in [3.05, 3.63) is 23.8 Å². The number of aliphatic hydroxyl groups is 1. The van der Waals surface area contributed by atoms with Gasteiger partial charge in [-0.2, -0.15) is 0 Å². The Hall–Kier alpha value is -0.560. The van der Waals surface area contributed by atoms with Crippen LogP contribution in [0.2, 0.25) is 0 Å². The lowest BCUT2D eigenvalue weighted by atomic mass is 9.63. The van der Waals surface area contributed by atoms with Crippen LogP contribution in [-0.4, -0.2) is 11.2 Å². The molecule has 1 heteroatoms. The van der Waals surface area contributed by atoms with Gasteiger partial charge in [-0.15, -0.1) is 0 Å². The first-order chi connectivity index (χ1) is 6.85. The molecule has 0 aromatic heterocycles. The molecule has 0 fully saturated rings. The molecule has 0 saturated heterocycles. The molecule has 0 bridgehead atoms. The fraction of sp³-hybridized carbons (Fsp3) is 0.714. The number of hydrogen-bond acceptors (Lipinski definition) is 1. The molecule has 1 aliphatic rings. The van der Waals surface area contributed by atoms with Crippen molar-refractivity contribution in [2.24, 2.45) is 17.3 Å². The summed E-state index contributed by atoms with van der Waals surface area (Å²) in [5, 5.41) is 9.30. The molecule has 1 aliphatic carbocycles. The van der Waals surface area contributed by atoms with Crippen molar-refractivity contribution < 1.29 is 5.11 Å². The first-order valence-corrected chi connectivity index (χ1v) is 5.88. The average molecular weight is 208 g/mol. The highest BCUT2D eigenvalue weighted by Crippen LogP contribution is 2.45. The summed E-state index contributed by atoms with van der Waals surface area (Å²) in [6.45, 7) is 11.0. The Morgan fingerprint density at radius 1 is 1.53 bits per heavy atom. The predicted octanol–water partition coefficient (Wildman–Crippen LogP) is 3.55. The Bertz CT molecular complexity index is 271. The summed E-state index contributed by atoms with van der Waals surface area (Å²) in [6.07, 6.45) is 7.25. The summed E-state index contributed by atoms with van der Waals surface area (Å²) in [7, 11) is 0. The highest BCUT2D eigenvalue weighted by Gasteiger charge is 2.36. The smallest absolute Gasteiger partial charge is 0.0692 e. The van der Waals surface area contributed by atoms with Crippen LogP contribution in [0.15, 0.2) is 23.8 Å². The van der Waals surface area contributed by atoms with Crippen LogP contribution in [0.1, 0.15) is 41.0 Å². The van der Waals surface area contributed by atoms with Crippen molar-refractivity contribution in [2.75, 3.05) is 0 Å². The van der Waals surface area contributed by atoms with Crippen LogP contribution >= 0.6 is 0 Å². The summed E-state index contributed by atoms with van der Waals surface area (Å²) >= 11 is 0. The minimum atomic E-state index is -0.342. The van der Waals surface area contributed by atoms with Crippen molar-refractivity contribution in [3.8, 4) is 0 Å². The molecule has 0 amide bonds. The van der Waals surface area contributed by atoms with Gasteiger partial charge in [0, 0.05) is 5.92 Å². The molecule has 1 rings (SSSR count). The largest absolute Gasteiger partial charge is 0.389 e. The van der Waals surface area contributed by atoms with Crippen molar-refractivity contribution >= 4 is 0 Å². The summed E-state index contributed by atoms with van der Waals surface area (Å²) in [4.78, 5) is 0. The molecule has 0 saturated carbocycles. The molecular formula is C14H24O. The van der Waals surface area contributed by atoms with Crippen LogP contribution in [-0.2, 0) is 0 Å². The molecular weight excluding hydrogens is 184 g/mol. The molecule has 0 radical (unpaired) electrons. The third kappa shape index (κ3) is 2.72. The van der Waals surface area contributed by atoms with E-state index < -0.39 is 0 Å². The van der Waals surface area contributed by atoms with Gasteiger partial charge >= 0.3 is 0 Å². The van der Waals surface area contributed by atoms with Crippen molar-refractivity contribution in [3.63, 3.8) is 0 Å². The van der Waals surface area contributed by atoms with Gasteiger partial charge in [0.1, 0.15) is 0 Å². The first kappa shape index (κ1) is 12.5. The maximum Gasteiger partial charge on any atom is 0.0692 e. The zero-order valence-corrected chi connectivity index (χ0v) is 10.6. The first-order valence-electron chi connectivity index (χ1n) is 5.88. The Labute approximate surface area is 93.9 Å². The second-order valence-electron chi connectivity index (χ2n) is 5.51. The molecule has 0 aliphatic heterocycles. The number of allylic oxidation sites excluding steroid dienone is 3. The number of rotatable bonds is 2. The maximum absolute atomic E-state index is 9.30. The summed E-state index contributed by atoms with van der Waals surface area (Å²) in [6, 6.07) is 0. The van der Waals surface area contributed by atoms with E-state index in [9.17, 15) is 5.11 Å². The van der Waals surface area contributed by atoms with Gasteiger partial charge in [0.2, 0.25) is 0 Å². The lowest BCUT2D eigenvalue weighted by Gasteiger charge is -2.42. The van der Waals surface area contributed by atoms with E-state index in [0.29, 0.717) is 17.3 Å². The van der Waals surface area contributed by atoms with Crippen LogP contribution in [0.3, 0.4) is 0 Å². The van der Waals surface area contributed by atoms with Crippen molar-refractivity contribution in [1.29, 1.82) is 0 Å². The SMILES string of the molecule is CC1=CCC(C)C(C)(C)C1/C=C/[C@@H](C)O. The van der Waals surface area contributed by atoms with Gasteiger partial charge in [-0.3, -0.25) is 0 Å². The quantitative estimate of drug-likeness (QED) is 0.688. The minimum absolute atomic E-state index is 0.296. The summed E-state index contributed by atoms with van der Waals surface area (Å²) < 4.78 is 0. The Balaban J connectivity index is 2.92. The normalized spacial score (nSPS) is 32.8. The van der Waals surface area contributed by atoms with E-state index in [4.69, 9.17) is 0 Å². The third-order valence-corrected chi connectivity index (χ3v) is 3.94. The van der Waals surface area contributed by atoms with Crippen LogP contribution in [0.4, 0.5) is 0 Å². The minimum Gasteiger partial charge on any atom is -0.389 e. The fourth-order valence-electron chi connectivity index (χ4n) is 2.36. The third-order valence-electron chi connectivity index (χ3n) is 3.94. The molecule has 0 spiro atoms. The van der Waals surface area contributed by atoms with E-state index in [2.05, 4.69) is 39.8 Å². The van der Waals surface area contributed by atoms with Crippen LogP contribution in [0, 0.1) is 17.3 Å². The molecule has 1 nitrogen and oxygen atoms in total. The molecule has 15 heavy (non-hydrogen) atoms. The van der Waals surface area contributed by atoms with Gasteiger partial charge in [-0.1, -0.05) is 44.6 Å². The monoisotopic (exact) mass is 208 g/mol. The van der Waals surface area contributed by atoms with E-state index >= 15 is 0 Å². The highest BCUT2D eigenvalue weighted by atomic mass is 16.3. The van der Waals surface area contributed by atoms with Crippen LogP contribution < -0.4 is 0 Å². The zero-order chi connectivity index (χ0) is 11.6. The molecule has 86 valence electrons. The molecule has 0 heterocycles. The van der Waals surface area contributed by atoms with E-state index in [1.807, 2.05) is 6.08 Å². The second kappa shape index (κ2) is 4.52. The second-order valence-corrected chi connectivity index (χ2v) is 5.51. The lowest BCUT2D eigenvalue weighted by Crippen LogP contribution is -2.33. The van der Waals surface area contributed by atoms with Gasteiger partial charge in [-0.05, 0) is 31.6 Å². The molecule has 3 atom stereocenters. The topological polar surface area (TPSA) is 20.2 Å². The fourth-order valence-corrected chi connectivity index (χ4v) is 2.36. The maximum atomic E-state index is 9.30. The zero-order valence-electron chi connectivity index (χ0n) is 10.6. The van der Waals surface area contributed by atoms with Gasteiger partial charge in [0.05, 0.1) is 6.10 Å². The number of aliphatic hydroxyl groups excluding tert-OH is 1. The standard InChI is InChI=1S/C14H24O/c1-10-6-7-11(2)14(4,5)13(10)9-8-12(3)15/h6,8-9,11-13,15H,7H2,1-5H3/b9-8+/t11?,12-,13?/m1/s1. The van der Waals surface area contributed by atoms with E-state index in [1.165, 1.54) is 12.0 Å². The van der Waals surface area contributed by atoms with Gasteiger partial charge in [0.15, 0.2) is 0 Å². The van der Waals surface area contributed by atoms with Crippen molar-refractivity contribution in [2.45, 2.75) is 47.1 Å². The van der Waals surface area contributed by atoms with Crippen molar-refractivity contribution in [1.82, 2.24) is 0 Å². The highest BCUT2D eigenvalue weighted by molar-refractivity contribution is 5.20. The Morgan fingerprint density at radius 2 is 2.13 bits per heavy atom. The average Bonchev–Trinajstić information content (AvgIpc) is 2.11.